The van der Waals surface area contributed by atoms with Gasteiger partial charge in [-0.25, -0.2) is 0 Å². The maximum Gasteiger partial charge on any atom is 0.255 e. The molecule has 1 unspecified atom stereocenters. The molecule has 3 amide bonds. The first-order valence-electron chi connectivity index (χ1n) is 14.6. The Hall–Kier alpha value is -3.23. The van der Waals surface area contributed by atoms with Gasteiger partial charge in [0.05, 0.1) is 18.6 Å². The standard InChI is InChI=1S/C25H28N4O4/c30-23-9-8-22(24(31)27-23)29-16-20-19(25(29)32)2-1-3-21(20)26-14-17-4-6-18(7-5-17)15-28-10-12-33-13-11-28/h1-7,22,26H,8-16H2,(H,27,30,31)/i10D2,11D2,12D2,13D2. The first-order chi connectivity index (χ1) is 19.0. The Balaban J connectivity index is 1.28. The number of nitrogens with zero attached hydrogens (tertiary/aromatic N) is 2. The number of amides is 3. The second-order valence-electron chi connectivity index (χ2n) is 8.02. The smallest absolute Gasteiger partial charge is 0.255 e. The summed E-state index contributed by atoms with van der Waals surface area (Å²) in [6.07, 6.45) is 0.431. The van der Waals surface area contributed by atoms with E-state index in [1.807, 2.05) is 6.07 Å². The van der Waals surface area contributed by atoms with Crippen LogP contribution >= 0.6 is 0 Å². The summed E-state index contributed by atoms with van der Waals surface area (Å²) in [6.45, 7) is -12.0. The molecular formula is C25H28N4O4. The van der Waals surface area contributed by atoms with E-state index in [1.54, 1.807) is 36.4 Å². The molecule has 33 heavy (non-hydrogen) atoms. The number of fused-ring (bicyclic) bond motifs is 1. The van der Waals surface area contributed by atoms with Gasteiger partial charge in [0.15, 0.2) is 0 Å². The number of carbonyl (C=O) groups is 3. The molecule has 2 saturated heterocycles. The molecule has 0 bridgehead atoms. The van der Waals surface area contributed by atoms with Gasteiger partial charge in [-0.2, -0.15) is 0 Å². The van der Waals surface area contributed by atoms with Gasteiger partial charge in [0, 0.05) is 61.3 Å². The van der Waals surface area contributed by atoms with Crippen LogP contribution in [0.4, 0.5) is 5.69 Å². The van der Waals surface area contributed by atoms with Gasteiger partial charge in [0.1, 0.15) is 6.04 Å². The molecular weight excluding hydrogens is 420 g/mol. The minimum absolute atomic E-state index is 0.165. The van der Waals surface area contributed by atoms with E-state index in [0.717, 1.165) is 11.1 Å². The molecule has 2 fully saturated rings. The summed E-state index contributed by atoms with van der Waals surface area (Å²) in [5, 5.41) is 5.58. The van der Waals surface area contributed by atoms with Crippen molar-refractivity contribution in [3.8, 4) is 0 Å². The molecule has 0 aromatic heterocycles. The molecule has 2 aromatic carbocycles. The average molecular weight is 457 g/mol. The number of morpholine rings is 1. The van der Waals surface area contributed by atoms with Crippen molar-refractivity contribution in [3.63, 3.8) is 0 Å². The van der Waals surface area contributed by atoms with E-state index in [2.05, 4.69) is 15.4 Å². The highest BCUT2D eigenvalue weighted by molar-refractivity contribution is 6.06. The van der Waals surface area contributed by atoms with Gasteiger partial charge in [-0.3, -0.25) is 24.6 Å². The predicted octanol–water partition coefficient (Wildman–Crippen LogP) is 1.89. The number of ether oxygens (including phenoxy) is 1. The molecule has 0 spiro atoms. The molecule has 0 radical (unpaired) electrons. The second kappa shape index (κ2) is 9.33. The van der Waals surface area contributed by atoms with Crippen LogP contribution in [0, 0.1) is 0 Å². The lowest BCUT2D eigenvalue weighted by Crippen LogP contribution is -2.52. The Morgan fingerprint density at radius 2 is 1.82 bits per heavy atom. The summed E-state index contributed by atoms with van der Waals surface area (Å²) >= 11 is 0. The molecule has 1 atom stereocenters. The third-order valence-electron chi connectivity index (χ3n) is 5.89. The number of hydrogen-bond acceptors (Lipinski definition) is 6. The van der Waals surface area contributed by atoms with Crippen molar-refractivity contribution in [1.82, 2.24) is 15.1 Å². The van der Waals surface area contributed by atoms with Crippen molar-refractivity contribution in [1.29, 1.82) is 0 Å². The Labute approximate surface area is 204 Å². The number of imide groups is 1. The zero-order chi connectivity index (χ0) is 30.0. The van der Waals surface area contributed by atoms with Crippen LogP contribution in [0.25, 0.3) is 0 Å². The van der Waals surface area contributed by atoms with E-state index in [4.69, 9.17) is 11.0 Å². The Bertz CT molecular complexity index is 1380. The molecule has 8 nitrogen and oxygen atoms in total. The van der Waals surface area contributed by atoms with Crippen molar-refractivity contribution in [2.24, 2.45) is 0 Å². The van der Waals surface area contributed by atoms with Crippen molar-refractivity contribution in [2.75, 3.05) is 31.4 Å². The highest BCUT2D eigenvalue weighted by atomic mass is 16.5. The van der Waals surface area contributed by atoms with E-state index in [1.165, 1.54) is 4.90 Å². The molecule has 3 aliphatic rings. The first-order valence-corrected chi connectivity index (χ1v) is 10.6. The summed E-state index contributed by atoms with van der Waals surface area (Å²) in [5.74, 6) is -1.12. The number of carbonyl (C=O) groups excluding carboxylic acids is 3. The lowest BCUT2D eigenvalue weighted by atomic mass is 10.0. The Morgan fingerprint density at radius 1 is 1.06 bits per heavy atom. The topological polar surface area (TPSA) is 91.0 Å². The van der Waals surface area contributed by atoms with Gasteiger partial charge in [-0.05, 0) is 29.7 Å². The third-order valence-corrected chi connectivity index (χ3v) is 5.89. The Morgan fingerprint density at radius 3 is 2.58 bits per heavy atom. The lowest BCUT2D eigenvalue weighted by Gasteiger charge is -2.29. The van der Waals surface area contributed by atoms with Crippen LogP contribution in [-0.4, -0.2) is 59.7 Å². The molecule has 8 heteroatoms. The number of piperidine rings is 1. The minimum Gasteiger partial charge on any atom is -0.381 e. The lowest BCUT2D eigenvalue weighted by molar-refractivity contribution is -0.136. The van der Waals surface area contributed by atoms with Crippen LogP contribution in [-0.2, 0) is 34.0 Å². The summed E-state index contributed by atoms with van der Waals surface area (Å²) in [5.41, 5.74) is 3.15. The summed E-state index contributed by atoms with van der Waals surface area (Å²) in [7, 11) is 0. The van der Waals surface area contributed by atoms with Gasteiger partial charge in [-0.1, -0.05) is 30.3 Å². The molecule has 2 aromatic rings. The fourth-order valence-electron chi connectivity index (χ4n) is 4.18. The number of nitrogens with one attached hydrogen (secondary N) is 2. The van der Waals surface area contributed by atoms with E-state index in [-0.39, 0.29) is 31.2 Å². The largest absolute Gasteiger partial charge is 0.381 e. The number of hydrogen-bond donors (Lipinski definition) is 2. The van der Waals surface area contributed by atoms with Crippen molar-refractivity contribution >= 4 is 23.4 Å². The van der Waals surface area contributed by atoms with Gasteiger partial charge in [0.25, 0.3) is 5.91 Å². The van der Waals surface area contributed by atoms with Crippen molar-refractivity contribution < 1.29 is 30.1 Å². The number of anilines is 1. The second-order valence-corrected chi connectivity index (χ2v) is 8.02. The summed E-state index contributed by atoms with van der Waals surface area (Å²) in [4.78, 5) is 38.9. The quantitative estimate of drug-likeness (QED) is 0.645. The van der Waals surface area contributed by atoms with Gasteiger partial charge in [-0.15, -0.1) is 0 Å². The van der Waals surface area contributed by atoms with Gasteiger partial charge in [0.2, 0.25) is 11.8 Å². The minimum atomic E-state index is -3.10. The monoisotopic (exact) mass is 456 g/mol. The van der Waals surface area contributed by atoms with Crippen LogP contribution in [0.5, 0.6) is 0 Å². The molecule has 2 N–H and O–H groups in total. The van der Waals surface area contributed by atoms with Crippen LogP contribution < -0.4 is 10.6 Å². The third kappa shape index (κ3) is 4.62. The van der Waals surface area contributed by atoms with Gasteiger partial charge >= 0.3 is 0 Å². The fourth-order valence-corrected chi connectivity index (χ4v) is 4.18. The summed E-state index contributed by atoms with van der Waals surface area (Å²) < 4.78 is 68.5. The van der Waals surface area contributed by atoms with Crippen molar-refractivity contribution in [3.05, 3.63) is 64.7 Å². The van der Waals surface area contributed by atoms with Crippen LogP contribution in [0.15, 0.2) is 42.5 Å². The number of rotatable bonds is 6. The van der Waals surface area contributed by atoms with E-state index < -0.39 is 44.6 Å². The molecule has 0 saturated carbocycles. The van der Waals surface area contributed by atoms with Crippen LogP contribution in [0.2, 0.25) is 0 Å². The maximum atomic E-state index is 13.0. The first kappa shape index (κ1) is 14.1. The normalized spacial score (nSPS) is 30.8. The van der Waals surface area contributed by atoms with Crippen LogP contribution in [0.3, 0.4) is 0 Å². The van der Waals surface area contributed by atoms with E-state index >= 15 is 0 Å². The maximum absolute atomic E-state index is 13.0. The predicted molar refractivity (Wildman–Crippen MR) is 122 cm³/mol. The fraction of sp³-hybridized carbons (Fsp3) is 0.400. The van der Waals surface area contributed by atoms with E-state index in [0.29, 0.717) is 28.3 Å². The zero-order valence-electron chi connectivity index (χ0n) is 25.7. The van der Waals surface area contributed by atoms with Crippen LogP contribution in [0.1, 0.15) is 50.9 Å². The molecule has 172 valence electrons. The van der Waals surface area contributed by atoms with E-state index in [9.17, 15) is 14.4 Å². The van der Waals surface area contributed by atoms with Gasteiger partial charge < -0.3 is 15.0 Å². The number of benzene rings is 2. The summed E-state index contributed by atoms with van der Waals surface area (Å²) in [6, 6.07) is 11.2. The SMILES string of the molecule is [2H]C1([2H])OC([2H])([2H])C([2H])([2H])N(Cc2ccc(CNc3cccc4c3CN(C3CCC(=O)NC3=O)C4=O)cc2)C1([2H])[2H]. The van der Waals surface area contributed by atoms with Crippen molar-refractivity contribution in [2.45, 2.75) is 38.5 Å². The highest BCUT2D eigenvalue weighted by Crippen LogP contribution is 2.32. The Kier molecular flexibility index (Phi) is 3.99. The highest BCUT2D eigenvalue weighted by Gasteiger charge is 2.39. The molecule has 0 aliphatic carbocycles. The zero-order valence-corrected chi connectivity index (χ0v) is 17.7. The molecule has 3 heterocycles. The average Bonchev–Trinajstić information content (AvgIpc) is 3.21. The molecule has 3 aliphatic heterocycles. The molecule has 5 rings (SSSR count).